The zero-order chi connectivity index (χ0) is 59.1. The van der Waals surface area contributed by atoms with Gasteiger partial charge in [-0.15, -0.1) is 0 Å². The van der Waals surface area contributed by atoms with Gasteiger partial charge in [-0.25, -0.2) is 15.3 Å². The van der Waals surface area contributed by atoms with Crippen LogP contribution < -0.4 is 26.3 Å². The van der Waals surface area contributed by atoms with Crippen molar-refractivity contribution in [2.75, 3.05) is 38.8 Å². The van der Waals surface area contributed by atoms with Crippen molar-refractivity contribution < 1.29 is 44.3 Å². The van der Waals surface area contributed by atoms with Gasteiger partial charge in [-0.05, 0) is 146 Å². The molecule has 84 heavy (non-hydrogen) atoms. The molecule has 0 atom stereocenters. The van der Waals surface area contributed by atoms with Crippen molar-refractivity contribution in [3.05, 3.63) is 209 Å². The third-order valence-electron chi connectivity index (χ3n) is 14.7. The number of halogens is 1. The van der Waals surface area contributed by atoms with Crippen molar-refractivity contribution in [1.29, 1.82) is 0 Å². The molecule has 0 aliphatic carbocycles. The first kappa shape index (κ1) is 71.4. The van der Waals surface area contributed by atoms with Gasteiger partial charge in [0.05, 0.1) is 60.1 Å². The number of ether oxygens (including phenoxy) is 2. The number of hydrogen-bond acceptors (Lipinski definition) is 7. The number of nitrogens with zero attached hydrogens (tertiary/aromatic N) is 6. The summed E-state index contributed by atoms with van der Waals surface area (Å²) in [6.45, 7) is 30.8. The molecule has 8 aromatic rings. The monoisotopic (exact) mass is 1290 g/mol. The summed E-state index contributed by atoms with van der Waals surface area (Å²) in [5, 5.41) is 32.3. The van der Waals surface area contributed by atoms with E-state index in [0.717, 1.165) is 43.5 Å². The molecule has 2 saturated heterocycles. The minimum atomic E-state index is -1.46. The Balaban J connectivity index is 0.000000267. The molecule has 2 aliphatic rings. The van der Waals surface area contributed by atoms with Crippen molar-refractivity contribution in [3.63, 3.8) is 0 Å². The van der Waals surface area contributed by atoms with Crippen LogP contribution in [0.1, 0.15) is 189 Å². The molecule has 2 aliphatic heterocycles. The number of aromatic carboxylic acids is 1. The number of carboxylic acids is 1. The first-order valence-electron chi connectivity index (χ1n) is 30.0. The van der Waals surface area contributed by atoms with Crippen molar-refractivity contribution in [2.24, 2.45) is 0 Å². The molecule has 0 spiro atoms. The van der Waals surface area contributed by atoms with Crippen LogP contribution in [0.25, 0.3) is 0 Å². The summed E-state index contributed by atoms with van der Waals surface area (Å²) >= 11 is 5.50. The maximum Gasteiger partial charge on any atom is 2.00 e. The Kier molecular flexibility index (Phi) is 31.3. The maximum atomic E-state index is 10.2. The smallest absolute Gasteiger partial charge is 0.545 e. The van der Waals surface area contributed by atoms with E-state index in [4.69, 9.17) is 36.4 Å². The van der Waals surface area contributed by atoms with Gasteiger partial charge in [0.15, 0.2) is 0 Å². The van der Waals surface area contributed by atoms with Crippen LogP contribution >= 0.6 is 27.4 Å². The maximum absolute atomic E-state index is 10.2. The summed E-state index contributed by atoms with van der Waals surface area (Å²) in [6, 6.07) is 57.3. The summed E-state index contributed by atoms with van der Waals surface area (Å²) in [5.41, 5.74) is 7.24. The van der Waals surface area contributed by atoms with E-state index < -0.39 is 28.9 Å². The minimum absolute atomic E-state index is 0. The molecule has 3 aromatic heterocycles. The van der Waals surface area contributed by atoms with Crippen molar-refractivity contribution in [1.82, 2.24) is 29.1 Å². The minimum Gasteiger partial charge on any atom is -0.545 e. The molecule has 3 N–H and O–H groups in total. The number of carbonyl (C=O) groups excluding carboxylic acids is 1. The predicted octanol–water partition coefficient (Wildman–Crippen LogP) is 12.8. The molecule has 452 valence electrons. The van der Waals surface area contributed by atoms with E-state index in [1.54, 1.807) is 12.1 Å². The number of rotatable bonds is 17. The molecule has 10 rings (SSSR count). The molecule has 0 amide bonds. The van der Waals surface area contributed by atoms with Crippen molar-refractivity contribution in [3.8, 4) is 0 Å². The van der Waals surface area contributed by atoms with E-state index in [2.05, 4.69) is 236 Å². The number of hydrogen-bond donors (Lipinski definition) is 0. The predicted molar refractivity (Wildman–Crippen MR) is 356 cm³/mol. The average molecular weight is 1290 g/mol. The molecule has 0 radical (unpaired) electrons. The molecule has 2 fully saturated rings. The van der Waals surface area contributed by atoms with Gasteiger partial charge in [0.2, 0.25) is 0 Å². The Morgan fingerprint density at radius 1 is 0.464 bits per heavy atom. The molecular formula is C68H95BClN6O5P2Ru+3. The molecule has 0 saturated carbocycles. The SMILES string of the molecule is C1CCOC1.C1CCOC1.CC(C)c1cc(C(C)C)n([BH-](n2nc(C(C)C)cc2C(C)C)n2nc(C(C)C)cc2C(C)C)n1.O=C([O-])c1cccc(Cl)c1.[OH3+].[Ru+2].c1ccc([PH+](CC[PH+](c2ccccc2)c2ccccc2)c2ccccc2)cc1. The Hall–Kier alpha value is -5.08. The Morgan fingerprint density at radius 2 is 0.750 bits per heavy atom. The van der Waals surface area contributed by atoms with Crippen LogP contribution in [0.5, 0.6) is 0 Å². The third kappa shape index (κ3) is 21.4. The first-order valence-corrected chi connectivity index (χ1v) is 33.7. The van der Waals surface area contributed by atoms with E-state index in [1.807, 2.05) is 0 Å². The standard InChI is InChI=1S/C27H46BN6.C26H24P2.C7H5ClO2.2C4H8O.H2O.Ru/c1-16(2)22-13-25(19(7)8)32(29-22)28(33-26(20(9)10)14-23(30-33)17(3)4)34-27(21(11)12)15-24(31-34)18(5)6;1-5-13-23(14-6-1)27(24-15-7-2-8-16-24)21-22-28(25-17-9-3-10-18-25)26-19-11-4-12-20-26;8-6-3-1-2-5(4-6)7(9)10;2*1-2-4-5-3-1;;/h13-21,28H,1-12H3;1-20H,21-22H2;1-4H,(H,9,10);2*1-4H2;1H2;/q-1;;;;;;+2/p+2. The van der Waals surface area contributed by atoms with Gasteiger partial charge in [0.25, 0.3) is 0 Å². The number of benzene rings is 5. The van der Waals surface area contributed by atoms with Crippen LogP contribution in [0.2, 0.25) is 5.02 Å². The third-order valence-corrected chi connectivity index (χ3v) is 21.0. The zero-order valence-corrected chi connectivity index (χ0v) is 56.4. The zero-order valence-electron chi connectivity index (χ0n) is 52.0. The second kappa shape index (κ2) is 36.8. The molecule has 5 aromatic carbocycles. The molecular weight excluding hydrogens is 1190 g/mol. The quantitative estimate of drug-likeness (QED) is 0.0501. The van der Waals surface area contributed by atoms with Gasteiger partial charge in [-0.2, -0.15) is 0 Å². The van der Waals surface area contributed by atoms with Gasteiger partial charge in [-0.1, -0.05) is 180 Å². The first-order chi connectivity index (χ1) is 39.4. The van der Waals surface area contributed by atoms with Gasteiger partial charge in [-0.3, -0.25) is 0 Å². The van der Waals surface area contributed by atoms with Crippen LogP contribution in [0.15, 0.2) is 164 Å². The second-order valence-electron chi connectivity index (χ2n) is 23.2. The van der Waals surface area contributed by atoms with Crippen molar-refractivity contribution in [2.45, 2.75) is 144 Å². The molecule has 5 heterocycles. The van der Waals surface area contributed by atoms with Crippen LogP contribution in [-0.2, 0) is 34.4 Å². The summed E-state index contributed by atoms with van der Waals surface area (Å²) in [7, 11) is -3.03. The Labute approximate surface area is 523 Å². The molecule has 0 bridgehead atoms. The van der Waals surface area contributed by atoms with Crippen LogP contribution in [0.4, 0.5) is 0 Å². The normalized spacial score (nSPS) is 12.8. The molecule has 11 nitrogen and oxygen atoms in total. The van der Waals surface area contributed by atoms with E-state index in [0.29, 0.717) is 40.5 Å². The average Bonchev–Trinajstić information content (AvgIpc) is 4.44. The fourth-order valence-corrected chi connectivity index (χ4v) is 16.4. The van der Waals surface area contributed by atoms with E-state index in [-0.39, 0.29) is 30.5 Å². The van der Waals surface area contributed by atoms with E-state index >= 15 is 0 Å². The Morgan fingerprint density at radius 3 is 0.952 bits per heavy atom. The van der Waals surface area contributed by atoms with Gasteiger partial charge in [0.1, 0.15) is 12.3 Å². The van der Waals surface area contributed by atoms with Crippen LogP contribution in [-0.4, -0.2) is 80.9 Å². The summed E-state index contributed by atoms with van der Waals surface area (Å²) in [5.74, 6) is 0.921. The van der Waals surface area contributed by atoms with Gasteiger partial charge in [0, 0.05) is 48.5 Å². The fourth-order valence-electron chi connectivity index (χ4n) is 10.0. The van der Waals surface area contributed by atoms with Gasteiger partial charge < -0.3 is 38.6 Å². The van der Waals surface area contributed by atoms with Crippen molar-refractivity contribution >= 4 is 61.7 Å². The Bertz CT molecular complexity index is 2770. The summed E-state index contributed by atoms with van der Waals surface area (Å²) < 4.78 is 16.7. The number of aromatic nitrogens is 6. The number of carbonyl (C=O) groups is 1. The largest absolute Gasteiger partial charge is 2.00 e. The van der Waals surface area contributed by atoms with E-state index in [9.17, 15) is 9.90 Å². The van der Waals surface area contributed by atoms with Crippen LogP contribution in [0.3, 0.4) is 0 Å². The molecule has 0 unspecified atom stereocenters. The number of carboxylic acid groups (broad SMARTS) is 1. The van der Waals surface area contributed by atoms with Crippen LogP contribution in [0, 0.1) is 0 Å². The fraction of sp³-hybridized carbons (Fsp3) is 0.412. The molecule has 16 heteroatoms. The summed E-state index contributed by atoms with van der Waals surface area (Å²) in [6.07, 6.45) is 7.63. The second-order valence-corrected chi connectivity index (χ2v) is 28.9. The summed E-state index contributed by atoms with van der Waals surface area (Å²) in [4.78, 5) is 10.2. The van der Waals surface area contributed by atoms with E-state index in [1.165, 1.54) is 88.4 Å². The van der Waals surface area contributed by atoms with Gasteiger partial charge >= 0.3 is 26.6 Å². The topological polar surface area (TPSA) is 145 Å².